The van der Waals surface area contributed by atoms with Crippen LogP contribution in [0.2, 0.25) is 0 Å². The van der Waals surface area contributed by atoms with E-state index in [0.29, 0.717) is 23.6 Å². The monoisotopic (exact) mass is 365 g/mol. The molecule has 0 aliphatic carbocycles. The molecule has 3 heterocycles. The molecule has 0 fully saturated rings. The molecule has 0 spiro atoms. The molecule has 1 atom stereocenters. The maximum Gasteiger partial charge on any atom is 0.267 e. The molecule has 3 aromatic heterocycles. The zero-order valence-electron chi connectivity index (χ0n) is 14.0. The van der Waals surface area contributed by atoms with Crippen molar-refractivity contribution in [2.45, 2.75) is 12.5 Å². The predicted molar refractivity (Wildman–Crippen MR) is 93.4 cm³/mol. The fourth-order valence-electron chi connectivity index (χ4n) is 2.65. The third kappa shape index (κ3) is 3.60. The highest BCUT2D eigenvalue weighted by molar-refractivity contribution is 5.90. The number of oxazole rings is 1. The number of H-pyrrole nitrogens is 1. The minimum absolute atomic E-state index is 0.362. The smallest absolute Gasteiger partial charge is 0.267 e. The molecule has 10 nitrogen and oxygen atoms in total. The summed E-state index contributed by atoms with van der Waals surface area (Å²) in [6.07, 6.45) is 6.43. The van der Waals surface area contributed by atoms with E-state index in [2.05, 4.69) is 25.5 Å². The zero-order chi connectivity index (χ0) is 18.6. The van der Waals surface area contributed by atoms with E-state index in [1.165, 1.54) is 11.6 Å². The van der Waals surface area contributed by atoms with Crippen LogP contribution in [-0.2, 0) is 11.2 Å². The number of fused-ring (bicyclic) bond motifs is 1. The maximum atomic E-state index is 11.1. The lowest BCUT2D eigenvalue weighted by Gasteiger charge is -2.12. The summed E-state index contributed by atoms with van der Waals surface area (Å²) in [6, 6.07) is 8.99. The molecule has 1 aromatic carbocycles. The Morgan fingerprint density at radius 1 is 1.37 bits per heavy atom. The lowest BCUT2D eigenvalue weighted by atomic mass is 10.1. The Hall–Kier alpha value is -3.79. The van der Waals surface area contributed by atoms with Crippen molar-refractivity contribution in [3.63, 3.8) is 0 Å². The van der Waals surface area contributed by atoms with Gasteiger partial charge in [-0.3, -0.25) is 15.1 Å². The molecule has 3 N–H and O–H groups in total. The van der Waals surface area contributed by atoms with Gasteiger partial charge in [0, 0.05) is 24.4 Å². The average Bonchev–Trinajstić information content (AvgIpc) is 3.44. The quantitative estimate of drug-likeness (QED) is 0.268. The molecule has 0 bridgehead atoms. The van der Waals surface area contributed by atoms with Crippen molar-refractivity contribution < 1.29 is 14.4 Å². The first-order valence-corrected chi connectivity index (χ1v) is 8.10. The molecular formula is C17H15N7O3. The molecule has 0 saturated carbocycles. The summed E-state index contributed by atoms with van der Waals surface area (Å²) in [5, 5.41) is 23.6. The molecule has 10 heteroatoms. The van der Waals surface area contributed by atoms with Crippen molar-refractivity contribution in [1.29, 1.82) is 0 Å². The minimum Gasteiger partial charge on any atom is -0.438 e. The van der Waals surface area contributed by atoms with E-state index < -0.39 is 5.91 Å². The summed E-state index contributed by atoms with van der Waals surface area (Å²) in [5.74, 6) is -0.170. The number of hydroxylamine groups is 1. The minimum atomic E-state index is -0.655. The lowest BCUT2D eigenvalue weighted by molar-refractivity contribution is -0.124. The number of hydrogen-bond donors (Lipinski definition) is 3. The molecule has 0 aliphatic rings. The highest BCUT2D eigenvalue weighted by Crippen LogP contribution is 2.25. The van der Waals surface area contributed by atoms with Crippen LogP contribution in [0.15, 0.2) is 53.2 Å². The van der Waals surface area contributed by atoms with E-state index in [9.17, 15) is 4.79 Å². The Morgan fingerprint density at radius 3 is 3.04 bits per heavy atom. The number of hydrogen-bond acceptors (Lipinski definition) is 7. The number of nitrogens with zero attached hydrogens (tertiary/aromatic N) is 5. The Balaban J connectivity index is 1.69. The van der Waals surface area contributed by atoms with Gasteiger partial charge in [0.2, 0.25) is 5.89 Å². The van der Waals surface area contributed by atoms with Crippen LogP contribution in [-0.4, -0.2) is 41.3 Å². The number of rotatable bonds is 6. The van der Waals surface area contributed by atoms with Gasteiger partial charge in [0.05, 0.1) is 6.20 Å². The van der Waals surface area contributed by atoms with E-state index in [4.69, 9.17) is 9.62 Å². The molecule has 0 radical (unpaired) electrons. The third-order valence-electron chi connectivity index (χ3n) is 3.93. The van der Waals surface area contributed by atoms with Gasteiger partial charge in [0.25, 0.3) is 5.91 Å². The van der Waals surface area contributed by atoms with Crippen LogP contribution in [0.5, 0.6) is 0 Å². The molecule has 0 aliphatic heterocycles. The second-order valence-corrected chi connectivity index (χ2v) is 5.75. The summed E-state index contributed by atoms with van der Waals surface area (Å²) in [5.41, 5.74) is 4.28. The Labute approximate surface area is 152 Å². The number of amides is 1. The van der Waals surface area contributed by atoms with Crippen molar-refractivity contribution in [3.8, 4) is 0 Å². The zero-order valence-corrected chi connectivity index (χ0v) is 14.0. The van der Waals surface area contributed by atoms with E-state index >= 15 is 0 Å². The second kappa shape index (κ2) is 7.22. The predicted octanol–water partition coefficient (Wildman–Crippen LogP) is 1.49. The van der Waals surface area contributed by atoms with Gasteiger partial charge in [-0.05, 0) is 24.3 Å². The number of benzene rings is 1. The van der Waals surface area contributed by atoms with Gasteiger partial charge in [-0.15, -0.1) is 5.10 Å². The SMILES string of the molecule is O=C(C=Cc1cn(C(Cc2ccn[nH]2)c2nc3ccccc3o2)nn1)NO. The normalized spacial score (nSPS) is 12.6. The van der Waals surface area contributed by atoms with Crippen LogP contribution >= 0.6 is 0 Å². The molecule has 27 heavy (non-hydrogen) atoms. The highest BCUT2D eigenvalue weighted by Gasteiger charge is 2.23. The molecule has 136 valence electrons. The molecular weight excluding hydrogens is 350 g/mol. The fourth-order valence-corrected chi connectivity index (χ4v) is 2.65. The summed E-state index contributed by atoms with van der Waals surface area (Å²) in [4.78, 5) is 15.7. The van der Waals surface area contributed by atoms with Gasteiger partial charge in [-0.1, -0.05) is 17.3 Å². The van der Waals surface area contributed by atoms with E-state index in [-0.39, 0.29) is 6.04 Å². The van der Waals surface area contributed by atoms with Crippen molar-refractivity contribution in [2.75, 3.05) is 0 Å². The van der Waals surface area contributed by atoms with E-state index in [1.54, 1.807) is 17.1 Å². The van der Waals surface area contributed by atoms with Crippen molar-refractivity contribution in [3.05, 3.63) is 66.1 Å². The second-order valence-electron chi connectivity index (χ2n) is 5.75. The van der Waals surface area contributed by atoms with Crippen LogP contribution in [0, 0.1) is 0 Å². The standard InChI is InChI=1S/C17H15N7O3/c25-16(22-26)6-5-12-10-24(23-21-12)14(9-11-7-8-18-20-11)17-19-13-3-1-2-4-15(13)27-17/h1-8,10,14,26H,9H2,(H,18,20)(H,22,25). The fraction of sp³-hybridized carbons (Fsp3) is 0.118. The first-order chi connectivity index (χ1) is 13.2. The summed E-state index contributed by atoms with van der Waals surface area (Å²) >= 11 is 0. The molecule has 0 saturated heterocycles. The van der Waals surface area contributed by atoms with Crippen LogP contribution in [0.3, 0.4) is 0 Å². The molecule has 4 aromatic rings. The first kappa shape index (κ1) is 16.7. The van der Waals surface area contributed by atoms with Crippen LogP contribution in [0.4, 0.5) is 0 Å². The van der Waals surface area contributed by atoms with Crippen LogP contribution in [0.1, 0.15) is 23.3 Å². The lowest BCUT2D eigenvalue weighted by Crippen LogP contribution is -2.15. The van der Waals surface area contributed by atoms with Crippen LogP contribution in [0.25, 0.3) is 17.2 Å². The van der Waals surface area contributed by atoms with Crippen molar-refractivity contribution in [2.24, 2.45) is 0 Å². The number of carbonyl (C=O) groups is 1. The van der Waals surface area contributed by atoms with Gasteiger partial charge in [-0.25, -0.2) is 15.1 Å². The van der Waals surface area contributed by atoms with Crippen LogP contribution < -0.4 is 5.48 Å². The average molecular weight is 365 g/mol. The van der Waals surface area contributed by atoms with E-state index in [0.717, 1.165) is 17.3 Å². The number of nitrogens with one attached hydrogen (secondary N) is 2. The van der Waals surface area contributed by atoms with Crippen molar-refractivity contribution in [1.82, 2.24) is 35.7 Å². The maximum absolute atomic E-state index is 11.1. The summed E-state index contributed by atoms with van der Waals surface area (Å²) in [7, 11) is 0. The summed E-state index contributed by atoms with van der Waals surface area (Å²) < 4.78 is 7.52. The number of para-hydroxylation sites is 2. The Kier molecular flexibility index (Phi) is 4.45. The Bertz CT molecular complexity index is 1050. The third-order valence-corrected chi connectivity index (χ3v) is 3.93. The largest absolute Gasteiger partial charge is 0.438 e. The molecule has 1 amide bonds. The van der Waals surface area contributed by atoms with Crippen molar-refractivity contribution >= 4 is 23.1 Å². The van der Waals surface area contributed by atoms with E-state index in [1.807, 2.05) is 30.3 Å². The number of aromatic amines is 1. The van der Waals surface area contributed by atoms with Gasteiger partial charge in [0.1, 0.15) is 17.3 Å². The molecule has 1 unspecified atom stereocenters. The Morgan fingerprint density at radius 2 is 2.26 bits per heavy atom. The van der Waals surface area contributed by atoms with Gasteiger partial charge in [-0.2, -0.15) is 5.10 Å². The summed E-state index contributed by atoms with van der Waals surface area (Å²) in [6.45, 7) is 0. The van der Waals surface area contributed by atoms with Gasteiger partial charge in [0.15, 0.2) is 5.58 Å². The molecule has 4 rings (SSSR count). The number of aromatic nitrogens is 6. The topological polar surface area (TPSA) is 135 Å². The van der Waals surface area contributed by atoms with Gasteiger partial charge < -0.3 is 4.42 Å². The first-order valence-electron chi connectivity index (χ1n) is 8.10. The van der Waals surface area contributed by atoms with Gasteiger partial charge >= 0.3 is 0 Å². The highest BCUT2D eigenvalue weighted by atomic mass is 16.5. The number of carbonyl (C=O) groups excluding carboxylic acids is 1.